The lowest BCUT2D eigenvalue weighted by atomic mass is 10.0. The lowest BCUT2D eigenvalue weighted by Gasteiger charge is -2.33. The number of carbonyl (C=O) groups is 4. The fraction of sp³-hybridized carbons (Fsp3) is 0.200. The minimum atomic E-state index is -1.58. The number of hydrogen-bond donors (Lipinski definition) is 4. The van der Waals surface area contributed by atoms with Crippen LogP contribution in [0.25, 0.3) is 22.3 Å². The molecule has 2 aliphatic rings. The lowest BCUT2D eigenvalue weighted by Crippen LogP contribution is -2.48. The molecule has 6 N–H and O–H groups in total. The van der Waals surface area contributed by atoms with Crippen LogP contribution in [0.3, 0.4) is 0 Å². The Morgan fingerprint density at radius 2 is 1.06 bits per heavy atom. The van der Waals surface area contributed by atoms with Crippen molar-refractivity contribution in [3.63, 3.8) is 0 Å². The molecule has 4 aromatic rings. The summed E-state index contributed by atoms with van der Waals surface area (Å²) in [7, 11) is 2.77. The van der Waals surface area contributed by atoms with Crippen LogP contribution in [0.5, 0.6) is 0 Å². The number of pyridine rings is 2. The summed E-state index contributed by atoms with van der Waals surface area (Å²) >= 11 is 0. The van der Waals surface area contributed by atoms with E-state index in [4.69, 9.17) is 41.4 Å². The average molecular weight is 921 g/mol. The maximum absolute atomic E-state index is 15.5. The van der Waals surface area contributed by atoms with Gasteiger partial charge < -0.3 is 50.1 Å². The summed E-state index contributed by atoms with van der Waals surface area (Å²) in [5.41, 5.74) is 11.6. The molecule has 2 aliphatic heterocycles. The first kappa shape index (κ1) is 46.7. The summed E-state index contributed by atoms with van der Waals surface area (Å²) in [6.07, 6.45) is 0.0492. The highest BCUT2D eigenvalue weighted by molar-refractivity contribution is 6.00. The van der Waals surface area contributed by atoms with Crippen LogP contribution >= 0.6 is 0 Å². The van der Waals surface area contributed by atoms with Gasteiger partial charge in [-0.1, -0.05) is 56.8 Å². The van der Waals surface area contributed by atoms with Crippen LogP contribution in [0.4, 0.5) is 38.8 Å². The number of oxime groups is 2. The van der Waals surface area contributed by atoms with E-state index in [1.165, 1.54) is 63.0 Å². The molecule has 26 heteroatoms. The Kier molecular flexibility index (Phi) is 14.5. The molecule has 0 saturated carbocycles. The van der Waals surface area contributed by atoms with E-state index in [1.807, 2.05) is 0 Å². The molecule has 0 radical (unpaired) electrons. The van der Waals surface area contributed by atoms with Crippen molar-refractivity contribution >= 4 is 59.1 Å². The van der Waals surface area contributed by atoms with Gasteiger partial charge in [0.05, 0.1) is 37.6 Å². The summed E-state index contributed by atoms with van der Waals surface area (Å²) < 4.78 is 71.0. The first-order valence-electron chi connectivity index (χ1n) is 18.9. The predicted octanol–water partition coefficient (Wildman–Crippen LogP) is 3.85. The second kappa shape index (κ2) is 20.6. The Balaban J connectivity index is 1.00. The van der Waals surface area contributed by atoms with Gasteiger partial charge in [-0.3, -0.25) is 10.8 Å². The summed E-state index contributed by atoms with van der Waals surface area (Å²) in [6, 6.07) is 10.1. The lowest BCUT2D eigenvalue weighted by molar-refractivity contribution is -0.164. The third-order valence-electron chi connectivity index (χ3n) is 9.15. The Bertz CT molecular complexity index is 2490. The number of halogens is 4. The van der Waals surface area contributed by atoms with Crippen molar-refractivity contribution in [3.8, 4) is 22.3 Å². The molecular weight excluding hydrogens is 885 g/mol. The number of guanidine groups is 2. The Morgan fingerprint density at radius 1 is 0.682 bits per heavy atom. The molecule has 2 aromatic carbocycles. The van der Waals surface area contributed by atoms with Crippen molar-refractivity contribution in [2.24, 2.45) is 21.8 Å². The van der Waals surface area contributed by atoms with Crippen molar-refractivity contribution in [2.45, 2.75) is 13.2 Å². The highest BCUT2D eigenvalue weighted by atomic mass is 19.1. The number of nitrogens with one attached hydrogen (secondary N) is 2. The minimum absolute atomic E-state index is 0.0197. The number of ether oxygens (including phenoxy) is 2. The number of hydrogen-bond acceptors (Lipinski definition) is 18. The van der Waals surface area contributed by atoms with Crippen LogP contribution in [0, 0.1) is 34.1 Å². The number of rotatable bonds is 12. The number of aromatic nitrogens is 2. The van der Waals surface area contributed by atoms with Crippen molar-refractivity contribution in [1.82, 2.24) is 20.1 Å². The number of benzene rings is 2. The first-order valence-corrected chi connectivity index (χ1v) is 18.9. The molecule has 2 aromatic heterocycles. The van der Waals surface area contributed by atoms with Crippen LogP contribution < -0.4 is 21.3 Å². The van der Waals surface area contributed by atoms with E-state index < -0.39 is 72.5 Å². The molecule has 0 aliphatic carbocycles. The molecule has 0 unspecified atom stereocenters. The topological polar surface area (TPSA) is 287 Å². The fourth-order valence-corrected chi connectivity index (χ4v) is 6.05. The first-order chi connectivity index (χ1) is 31.6. The molecular formula is C40H36F4N12O10. The molecule has 2 saturated heterocycles. The van der Waals surface area contributed by atoms with Crippen LogP contribution in [-0.2, 0) is 51.6 Å². The number of hydroxylamine groups is 4. The molecule has 22 nitrogen and oxygen atoms in total. The van der Waals surface area contributed by atoms with E-state index >= 15 is 8.78 Å². The van der Waals surface area contributed by atoms with Gasteiger partial charge in [-0.15, -0.1) is 0 Å². The van der Waals surface area contributed by atoms with Crippen LogP contribution in [0.1, 0.15) is 11.1 Å². The molecule has 0 spiro atoms. The van der Waals surface area contributed by atoms with Gasteiger partial charge in [0.2, 0.25) is 11.9 Å². The van der Waals surface area contributed by atoms with Gasteiger partial charge in [0.25, 0.3) is 0 Å². The van der Waals surface area contributed by atoms with Crippen molar-refractivity contribution in [2.75, 3.05) is 50.2 Å². The van der Waals surface area contributed by atoms with Gasteiger partial charge in [0, 0.05) is 57.9 Å². The van der Waals surface area contributed by atoms with E-state index in [0.29, 0.717) is 49.8 Å². The number of anilines is 2. The van der Waals surface area contributed by atoms with Gasteiger partial charge in [0.15, 0.2) is 23.3 Å². The minimum Gasteiger partial charge on any atom is -0.442 e. The van der Waals surface area contributed by atoms with Crippen LogP contribution in [0.15, 0.2) is 83.4 Å². The molecule has 0 atom stereocenters. The quantitative estimate of drug-likeness (QED) is 0.0516. The van der Waals surface area contributed by atoms with E-state index in [-0.39, 0.29) is 55.1 Å². The van der Waals surface area contributed by atoms with E-state index in [1.54, 1.807) is 9.80 Å². The zero-order chi connectivity index (χ0) is 47.7. The van der Waals surface area contributed by atoms with Crippen LogP contribution in [-0.4, -0.2) is 108 Å². The normalized spacial score (nSPS) is 12.9. The molecule has 4 heterocycles. The molecule has 344 valence electrons. The Morgan fingerprint density at radius 3 is 1.39 bits per heavy atom. The number of nitrogens with two attached hydrogens (primary N) is 2. The zero-order valence-corrected chi connectivity index (χ0v) is 34.5. The second-order valence-corrected chi connectivity index (χ2v) is 13.6. The van der Waals surface area contributed by atoms with Gasteiger partial charge in [0.1, 0.15) is 39.1 Å². The highest BCUT2D eigenvalue weighted by Crippen LogP contribution is 2.31. The standard InChI is InChI=1S/C40H36F4N12O10/c1-61-51-25-15-53(16-25)35-29(41)11-23(13-49-35)27-7-3-5-21(33(27)43)19-63-39(59)55(37(45)46)65-31(57)9-10-32(58)66-56(38(47)48)40(60)64-20-22-6-4-8-28(34(22)44)24-12-30(42)36(50-14-24)54-17-26(18-54)52-62-2/h3-14H,15-20H2,1-2H3,(H3,45,46)(H3,47,48)/b10-9-. The third kappa shape index (κ3) is 10.8. The van der Waals surface area contributed by atoms with Gasteiger partial charge in [-0.25, -0.2) is 46.7 Å². The summed E-state index contributed by atoms with van der Waals surface area (Å²) in [4.78, 5) is 80.5. The number of nitrogens with zero attached hydrogens (tertiary/aromatic N) is 8. The fourth-order valence-electron chi connectivity index (χ4n) is 6.05. The summed E-state index contributed by atoms with van der Waals surface area (Å²) in [5.74, 6) is -8.71. The predicted molar refractivity (Wildman–Crippen MR) is 222 cm³/mol. The van der Waals surface area contributed by atoms with Crippen molar-refractivity contribution < 1.29 is 65.6 Å². The highest BCUT2D eigenvalue weighted by Gasteiger charge is 2.30. The van der Waals surface area contributed by atoms with E-state index in [0.717, 1.165) is 12.1 Å². The maximum atomic E-state index is 15.5. The van der Waals surface area contributed by atoms with Gasteiger partial charge in [-0.05, 0) is 12.1 Å². The summed E-state index contributed by atoms with van der Waals surface area (Å²) in [6.45, 7) is -0.421. The number of carbonyl (C=O) groups excluding carboxylic acids is 4. The van der Waals surface area contributed by atoms with Crippen molar-refractivity contribution in [3.05, 3.63) is 107 Å². The number of amides is 2. The summed E-state index contributed by atoms with van der Waals surface area (Å²) in [5, 5.41) is 22.5. The largest absolute Gasteiger partial charge is 0.451 e. The zero-order valence-electron chi connectivity index (χ0n) is 34.5. The van der Waals surface area contributed by atoms with Crippen LogP contribution in [0.2, 0.25) is 0 Å². The van der Waals surface area contributed by atoms with Gasteiger partial charge in [-0.2, -0.15) is 0 Å². The monoisotopic (exact) mass is 920 g/mol. The third-order valence-corrected chi connectivity index (χ3v) is 9.15. The average Bonchev–Trinajstić information content (AvgIpc) is 3.25. The SMILES string of the molecule is CON=C1CN(c2ncc(-c3cccc(COC(=O)N(OC(=O)/C=C\C(=O)ON(C(=N)N)C(=O)OCc4cccc(-c5cnc(N6CC(=NOC)C6)c(F)c5)c4F)C(=N)N)c3F)cc2F)C1. The molecule has 0 bridgehead atoms. The Labute approximate surface area is 370 Å². The van der Waals surface area contributed by atoms with E-state index in [9.17, 15) is 28.0 Å². The molecule has 2 amide bonds. The molecule has 6 rings (SSSR count). The maximum Gasteiger partial charge on any atom is 0.451 e. The smallest absolute Gasteiger partial charge is 0.442 e. The molecule has 2 fully saturated rings. The van der Waals surface area contributed by atoms with E-state index in [2.05, 4.69) is 30.0 Å². The molecule has 66 heavy (non-hydrogen) atoms. The Hall–Kier alpha value is -8.84. The second-order valence-electron chi connectivity index (χ2n) is 13.6. The van der Waals surface area contributed by atoms with Gasteiger partial charge >= 0.3 is 24.1 Å². The van der Waals surface area contributed by atoms with Crippen molar-refractivity contribution in [1.29, 1.82) is 10.8 Å².